The van der Waals surface area contributed by atoms with Gasteiger partial charge >= 0.3 is 5.97 Å². The first-order valence-corrected chi connectivity index (χ1v) is 6.80. The van der Waals surface area contributed by atoms with E-state index in [2.05, 4.69) is 21.2 Å². The fourth-order valence-electron chi connectivity index (χ4n) is 1.89. The molecule has 19 heavy (non-hydrogen) atoms. The van der Waals surface area contributed by atoms with Crippen LogP contribution in [0.25, 0.3) is 0 Å². The average Bonchev–Trinajstić information content (AvgIpc) is 2.36. The van der Waals surface area contributed by atoms with Crippen LogP contribution in [-0.4, -0.2) is 25.7 Å². The molecule has 1 N–H and O–H groups in total. The second-order valence-corrected chi connectivity index (χ2v) is 5.73. The third kappa shape index (κ3) is 3.94. The summed E-state index contributed by atoms with van der Waals surface area (Å²) in [5.41, 5.74) is 0.324. The first kappa shape index (κ1) is 16.0. The Hall–Kier alpha value is -1.07. The zero-order valence-corrected chi connectivity index (χ0v) is 13.5. The van der Waals surface area contributed by atoms with E-state index in [4.69, 9.17) is 9.47 Å². The Kier molecular flexibility index (Phi) is 5.38. The van der Waals surface area contributed by atoms with E-state index in [1.807, 2.05) is 25.1 Å². The second kappa shape index (κ2) is 6.39. The molecule has 1 atom stereocenters. The van der Waals surface area contributed by atoms with Crippen molar-refractivity contribution in [3.05, 3.63) is 28.2 Å². The van der Waals surface area contributed by atoms with Gasteiger partial charge in [0, 0.05) is 6.04 Å². The molecule has 0 aliphatic heterocycles. The van der Waals surface area contributed by atoms with Gasteiger partial charge in [0.25, 0.3) is 0 Å². The molecule has 0 fully saturated rings. The number of methoxy groups -OCH3 is 2. The highest BCUT2D eigenvalue weighted by Gasteiger charge is 2.30. The van der Waals surface area contributed by atoms with Gasteiger partial charge in [-0.3, -0.25) is 10.1 Å². The van der Waals surface area contributed by atoms with Crippen LogP contribution in [0.3, 0.4) is 0 Å². The molecule has 0 bridgehead atoms. The molecule has 0 aliphatic carbocycles. The van der Waals surface area contributed by atoms with E-state index >= 15 is 0 Å². The Balaban J connectivity index is 2.86. The monoisotopic (exact) mass is 329 g/mol. The van der Waals surface area contributed by atoms with Crippen molar-refractivity contribution in [1.29, 1.82) is 0 Å². The molecule has 1 rings (SSSR count). The molecule has 4 nitrogen and oxygen atoms in total. The van der Waals surface area contributed by atoms with Crippen LogP contribution >= 0.6 is 15.9 Å². The summed E-state index contributed by atoms with van der Waals surface area (Å²) in [7, 11) is 3.02. The summed E-state index contributed by atoms with van der Waals surface area (Å²) in [6.45, 7) is 5.60. The Morgan fingerprint density at radius 3 is 2.47 bits per heavy atom. The summed E-state index contributed by atoms with van der Waals surface area (Å²) in [6, 6.07) is 5.85. The Bertz CT molecular complexity index is 460. The van der Waals surface area contributed by atoms with E-state index in [0.29, 0.717) is 0 Å². The molecule has 0 spiro atoms. The number of hydrogen-bond donors (Lipinski definition) is 1. The summed E-state index contributed by atoms with van der Waals surface area (Å²) < 4.78 is 10.9. The molecule has 0 amide bonds. The minimum absolute atomic E-state index is 0.0105. The molecule has 106 valence electrons. The van der Waals surface area contributed by atoms with Crippen LogP contribution in [0.15, 0.2) is 22.7 Å². The highest BCUT2D eigenvalue weighted by Crippen LogP contribution is 2.28. The van der Waals surface area contributed by atoms with E-state index in [0.717, 1.165) is 15.8 Å². The van der Waals surface area contributed by atoms with Crippen molar-refractivity contribution in [2.24, 2.45) is 0 Å². The number of esters is 1. The van der Waals surface area contributed by atoms with E-state index in [1.165, 1.54) is 7.11 Å². The van der Waals surface area contributed by atoms with Crippen molar-refractivity contribution in [3.63, 3.8) is 0 Å². The Morgan fingerprint density at radius 1 is 1.37 bits per heavy atom. The maximum Gasteiger partial charge on any atom is 0.325 e. The van der Waals surface area contributed by atoms with Crippen molar-refractivity contribution in [3.8, 4) is 5.75 Å². The zero-order valence-electron chi connectivity index (χ0n) is 11.9. The van der Waals surface area contributed by atoms with E-state index < -0.39 is 5.54 Å². The van der Waals surface area contributed by atoms with Crippen LogP contribution in [0.5, 0.6) is 5.75 Å². The predicted octanol–water partition coefficient (Wildman–Crippen LogP) is 3.06. The normalized spacial score (nSPS) is 12.9. The highest BCUT2D eigenvalue weighted by molar-refractivity contribution is 9.10. The minimum atomic E-state index is -0.736. The van der Waals surface area contributed by atoms with Crippen molar-refractivity contribution in [2.75, 3.05) is 14.2 Å². The third-order valence-electron chi connectivity index (χ3n) is 2.95. The minimum Gasteiger partial charge on any atom is -0.496 e. The lowest BCUT2D eigenvalue weighted by atomic mass is 10.0. The topological polar surface area (TPSA) is 47.6 Å². The molecule has 0 aliphatic rings. The van der Waals surface area contributed by atoms with Crippen LogP contribution in [0.2, 0.25) is 0 Å². The quantitative estimate of drug-likeness (QED) is 0.843. The van der Waals surface area contributed by atoms with Crippen LogP contribution < -0.4 is 10.1 Å². The van der Waals surface area contributed by atoms with Crippen molar-refractivity contribution in [1.82, 2.24) is 5.32 Å². The van der Waals surface area contributed by atoms with Gasteiger partial charge in [-0.05, 0) is 54.4 Å². The van der Waals surface area contributed by atoms with E-state index in [9.17, 15) is 4.79 Å². The van der Waals surface area contributed by atoms with Crippen LogP contribution in [-0.2, 0) is 9.53 Å². The maximum absolute atomic E-state index is 11.7. The summed E-state index contributed by atoms with van der Waals surface area (Å²) in [6.07, 6.45) is 0. The number of halogens is 1. The van der Waals surface area contributed by atoms with E-state index in [-0.39, 0.29) is 12.0 Å². The van der Waals surface area contributed by atoms with E-state index in [1.54, 1.807) is 21.0 Å². The van der Waals surface area contributed by atoms with Gasteiger partial charge in [0.05, 0.1) is 18.7 Å². The molecule has 0 radical (unpaired) electrons. The number of nitrogens with one attached hydrogen (secondary N) is 1. The average molecular weight is 330 g/mol. The Labute approximate surface area is 122 Å². The SMILES string of the molecule is COC(=O)C(C)(C)NC(C)c1ccc(OC)c(Br)c1. The number of rotatable bonds is 5. The molecular weight excluding hydrogens is 310 g/mol. The smallest absolute Gasteiger partial charge is 0.325 e. The largest absolute Gasteiger partial charge is 0.496 e. The standard InChI is InChI=1S/C14H20BrNO3/c1-9(16-14(2,3)13(17)19-5)10-6-7-12(18-4)11(15)8-10/h6-9,16H,1-5H3. The molecular formula is C14H20BrNO3. The van der Waals surface area contributed by atoms with Gasteiger partial charge in [-0.15, -0.1) is 0 Å². The van der Waals surface area contributed by atoms with Gasteiger partial charge in [0.2, 0.25) is 0 Å². The highest BCUT2D eigenvalue weighted by atomic mass is 79.9. The van der Waals surface area contributed by atoms with Gasteiger partial charge in [-0.1, -0.05) is 6.07 Å². The molecule has 0 heterocycles. The number of carbonyl (C=O) groups is 1. The Morgan fingerprint density at radius 2 is 2.00 bits per heavy atom. The van der Waals surface area contributed by atoms with Gasteiger partial charge in [-0.2, -0.15) is 0 Å². The van der Waals surface area contributed by atoms with Crippen LogP contribution in [0.1, 0.15) is 32.4 Å². The molecule has 0 aromatic heterocycles. The maximum atomic E-state index is 11.7. The molecule has 1 aromatic rings. The zero-order chi connectivity index (χ0) is 14.6. The fourth-order valence-corrected chi connectivity index (χ4v) is 2.45. The number of ether oxygens (including phenoxy) is 2. The van der Waals surface area contributed by atoms with Gasteiger partial charge in [0.15, 0.2) is 0 Å². The fraction of sp³-hybridized carbons (Fsp3) is 0.500. The van der Waals surface area contributed by atoms with Crippen molar-refractivity contribution < 1.29 is 14.3 Å². The number of carbonyl (C=O) groups excluding carboxylic acids is 1. The van der Waals surface area contributed by atoms with Crippen LogP contribution in [0.4, 0.5) is 0 Å². The first-order valence-electron chi connectivity index (χ1n) is 6.01. The molecule has 1 aromatic carbocycles. The number of hydrogen-bond acceptors (Lipinski definition) is 4. The molecule has 0 saturated heterocycles. The van der Waals surface area contributed by atoms with Gasteiger partial charge in [0.1, 0.15) is 11.3 Å². The van der Waals surface area contributed by atoms with Gasteiger partial charge in [-0.25, -0.2) is 0 Å². The molecule has 5 heteroatoms. The van der Waals surface area contributed by atoms with Gasteiger partial charge < -0.3 is 9.47 Å². The lowest BCUT2D eigenvalue weighted by molar-refractivity contribution is -0.147. The van der Waals surface area contributed by atoms with Crippen LogP contribution in [0, 0.1) is 0 Å². The second-order valence-electron chi connectivity index (χ2n) is 4.88. The van der Waals surface area contributed by atoms with Crippen molar-refractivity contribution >= 4 is 21.9 Å². The summed E-state index contributed by atoms with van der Waals surface area (Å²) >= 11 is 3.45. The lowest BCUT2D eigenvalue weighted by Gasteiger charge is -2.28. The van der Waals surface area contributed by atoms with Crippen molar-refractivity contribution in [2.45, 2.75) is 32.4 Å². The summed E-state index contributed by atoms with van der Waals surface area (Å²) in [4.78, 5) is 11.7. The predicted molar refractivity (Wildman–Crippen MR) is 78.3 cm³/mol. The first-order chi connectivity index (χ1) is 8.81. The lowest BCUT2D eigenvalue weighted by Crippen LogP contribution is -2.48. The summed E-state index contributed by atoms with van der Waals surface area (Å²) in [5.74, 6) is 0.495. The molecule has 1 unspecified atom stereocenters. The number of benzene rings is 1. The third-order valence-corrected chi connectivity index (χ3v) is 3.57. The molecule has 0 saturated carbocycles. The summed E-state index contributed by atoms with van der Waals surface area (Å²) in [5, 5.41) is 3.25.